The molecule has 0 spiro atoms. The van der Waals surface area contributed by atoms with Crippen LogP contribution in [-0.2, 0) is 0 Å². The Morgan fingerprint density at radius 1 is 0.895 bits per heavy atom. The van der Waals surface area contributed by atoms with Crippen LogP contribution in [0.5, 0.6) is 0 Å². The summed E-state index contributed by atoms with van der Waals surface area (Å²) in [6.07, 6.45) is 0. The summed E-state index contributed by atoms with van der Waals surface area (Å²) in [5.41, 5.74) is 7.76. The van der Waals surface area contributed by atoms with Crippen molar-refractivity contribution >= 4 is 29.9 Å². The molecule has 0 bridgehead atoms. The van der Waals surface area contributed by atoms with Crippen LogP contribution in [0, 0.1) is 0 Å². The highest BCUT2D eigenvalue weighted by Gasteiger charge is 2.10. The Morgan fingerprint density at radius 2 is 1.32 bits per heavy atom. The zero-order chi connectivity index (χ0) is 13.5. The minimum atomic E-state index is -0.591. The quantitative estimate of drug-likeness (QED) is 0.655. The largest absolute Gasteiger partial charge is 0.351 e. The van der Waals surface area contributed by atoms with E-state index in [1.807, 2.05) is 60.7 Å². The van der Waals surface area contributed by atoms with Gasteiger partial charge < -0.3 is 5.73 Å². The van der Waals surface area contributed by atoms with E-state index >= 15 is 0 Å². The number of hydrogen-bond donors (Lipinski definition) is 2. The summed E-state index contributed by atoms with van der Waals surface area (Å²) in [5.74, 6) is 0. The van der Waals surface area contributed by atoms with Crippen molar-refractivity contribution in [3.05, 3.63) is 60.7 Å². The van der Waals surface area contributed by atoms with Gasteiger partial charge in [0.05, 0.1) is 0 Å². The number of benzene rings is 2. The van der Waals surface area contributed by atoms with Gasteiger partial charge in [0.25, 0.3) is 0 Å². The van der Waals surface area contributed by atoms with Gasteiger partial charge in [-0.15, -0.1) is 0 Å². The van der Waals surface area contributed by atoms with Gasteiger partial charge in [0, 0.05) is 9.79 Å². The fourth-order valence-corrected chi connectivity index (χ4v) is 3.19. The van der Waals surface area contributed by atoms with Crippen LogP contribution >= 0.6 is 23.9 Å². The zero-order valence-corrected chi connectivity index (χ0v) is 11.7. The van der Waals surface area contributed by atoms with Gasteiger partial charge in [-0.3, -0.25) is 5.43 Å². The fraction of sp³-hybridized carbons (Fsp3) is 0. The highest BCUT2D eigenvalue weighted by molar-refractivity contribution is 8.12. The second kappa shape index (κ2) is 7.08. The summed E-state index contributed by atoms with van der Waals surface area (Å²) in [4.78, 5) is 13.1. The number of nitrogens with two attached hydrogens (primary N) is 1. The van der Waals surface area contributed by atoms with Crippen molar-refractivity contribution < 1.29 is 4.79 Å². The van der Waals surface area contributed by atoms with Gasteiger partial charge >= 0.3 is 6.03 Å². The summed E-state index contributed by atoms with van der Waals surface area (Å²) < 4.78 is 1.63. The van der Waals surface area contributed by atoms with E-state index in [0.29, 0.717) is 0 Å². The van der Waals surface area contributed by atoms with Crippen LogP contribution in [0.25, 0.3) is 0 Å². The number of nitrogens with zero attached hydrogens (tertiary/aromatic N) is 1. The first kappa shape index (κ1) is 13.8. The van der Waals surface area contributed by atoms with Crippen LogP contribution in [0.1, 0.15) is 0 Å². The zero-order valence-electron chi connectivity index (χ0n) is 10.0. The maximum atomic E-state index is 11.0. The molecule has 0 radical (unpaired) electrons. The number of amides is 2. The van der Waals surface area contributed by atoms with Crippen LogP contribution in [0.15, 0.2) is 70.5 Å². The molecule has 19 heavy (non-hydrogen) atoms. The topological polar surface area (TPSA) is 58.4 Å². The molecule has 0 aliphatic heterocycles. The van der Waals surface area contributed by atoms with Gasteiger partial charge in [0.1, 0.15) is 0 Å². The molecule has 2 aromatic carbocycles. The predicted molar refractivity (Wildman–Crippen MR) is 79.2 cm³/mol. The molecule has 0 heterocycles. The Balaban J connectivity index is 2.06. The molecular weight excluding hydrogens is 278 g/mol. The number of primary amides is 1. The van der Waals surface area contributed by atoms with E-state index in [1.165, 1.54) is 23.9 Å². The molecule has 0 saturated heterocycles. The Hall–Kier alpha value is -1.63. The molecule has 0 saturated carbocycles. The summed E-state index contributed by atoms with van der Waals surface area (Å²) in [5, 5.41) is 0. The first-order valence-corrected chi connectivity index (χ1v) is 7.11. The maximum Gasteiger partial charge on any atom is 0.328 e. The third-order valence-corrected chi connectivity index (χ3v) is 3.99. The lowest BCUT2D eigenvalue weighted by molar-refractivity contribution is 0.243. The van der Waals surface area contributed by atoms with Gasteiger partial charge in [-0.1, -0.05) is 40.2 Å². The Morgan fingerprint density at radius 3 is 1.68 bits per heavy atom. The first-order chi connectivity index (χ1) is 9.24. The number of carbonyl (C=O) groups is 1. The van der Waals surface area contributed by atoms with E-state index in [0.717, 1.165) is 9.79 Å². The van der Waals surface area contributed by atoms with Crippen LogP contribution < -0.4 is 11.2 Å². The van der Waals surface area contributed by atoms with Crippen LogP contribution in [0.3, 0.4) is 0 Å². The second-order valence-electron chi connectivity index (χ2n) is 3.54. The van der Waals surface area contributed by atoms with E-state index in [-0.39, 0.29) is 0 Å². The number of rotatable bonds is 5. The molecule has 2 amide bonds. The van der Waals surface area contributed by atoms with E-state index in [4.69, 9.17) is 5.73 Å². The molecule has 2 rings (SSSR count). The SMILES string of the molecule is NC(=O)NN(Sc1ccccc1)Sc1ccccc1. The van der Waals surface area contributed by atoms with Crippen molar-refractivity contribution in [2.75, 3.05) is 0 Å². The van der Waals surface area contributed by atoms with Crippen molar-refractivity contribution in [1.82, 2.24) is 9.25 Å². The van der Waals surface area contributed by atoms with E-state index in [2.05, 4.69) is 5.43 Å². The summed E-state index contributed by atoms with van der Waals surface area (Å²) in [7, 11) is 0. The molecule has 2 aromatic rings. The molecule has 0 fully saturated rings. The number of nitrogens with one attached hydrogen (secondary N) is 1. The molecule has 4 nitrogen and oxygen atoms in total. The molecule has 0 unspecified atom stereocenters. The van der Waals surface area contributed by atoms with Crippen molar-refractivity contribution in [2.24, 2.45) is 5.73 Å². The van der Waals surface area contributed by atoms with Crippen molar-refractivity contribution in [3.63, 3.8) is 0 Å². The highest BCUT2D eigenvalue weighted by Crippen LogP contribution is 2.31. The standard InChI is InChI=1S/C13H13N3OS2/c14-13(17)15-16(18-11-7-3-1-4-8-11)19-12-9-5-2-6-10-12/h1-10H,(H3,14,15,17). The first-order valence-electron chi connectivity index (χ1n) is 5.56. The average Bonchev–Trinajstić information content (AvgIpc) is 2.40. The van der Waals surface area contributed by atoms with E-state index < -0.39 is 6.03 Å². The van der Waals surface area contributed by atoms with Gasteiger partial charge in [0.2, 0.25) is 0 Å². The minimum absolute atomic E-state index is 0.591. The van der Waals surface area contributed by atoms with Crippen molar-refractivity contribution in [2.45, 2.75) is 9.79 Å². The lowest BCUT2D eigenvalue weighted by atomic mass is 10.4. The molecule has 3 N–H and O–H groups in total. The number of carbonyl (C=O) groups excluding carboxylic acids is 1. The Labute approximate surface area is 120 Å². The predicted octanol–water partition coefficient (Wildman–Crippen LogP) is 3.29. The summed E-state index contributed by atoms with van der Waals surface area (Å²) >= 11 is 2.79. The van der Waals surface area contributed by atoms with E-state index in [9.17, 15) is 4.79 Å². The molecule has 0 aromatic heterocycles. The Kier molecular flexibility index (Phi) is 5.14. The molecule has 0 atom stereocenters. The van der Waals surface area contributed by atoms with E-state index in [1.54, 1.807) is 3.82 Å². The van der Waals surface area contributed by atoms with Crippen LogP contribution in [0.4, 0.5) is 4.79 Å². The lowest BCUT2D eigenvalue weighted by Crippen LogP contribution is -2.36. The van der Waals surface area contributed by atoms with Gasteiger partial charge in [-0.2, -0.15) is 0 Å². The molecule has 6 heteroatoms. The summed E-state index contributed by atoms with van der Waals surface area (Å²) in [6, 6.07) is 18.9. The number of hydrogen-bond acceptors (Lipinski definition) is 4. The smallest absolute Gasteiger partial charge is 0.328 e. The highest BCUT2D eigenvalue weighted by atomic mass is 32.2. The Bertz CT molecular complexity index is 480. The van der Waals surface area contributed by atoms with Crippen LogP contribution in [-0.4, -0.2) is 9.85 Å². The third-order valence-electron chi connectivity index (χ3n) is 2.06. The fourth-order valence-electron chi connectivity index (χ4n) is 1.31. The third kappa shape index (κ3) is 4.86. The number of hydrazine groups is 1. The minimum Gasteiger partial charge on any atom is -0.351 e. The lowest BCUT2D eigenvalue weighted by Gasteiger charge is -2.19. The van der Waals surface area contributed by atoms with Crippen molar-refractivity contribution in [3.8, 4) is 0 Å². The van der Waals surface area contributed by atoms with Gasteiger partial charge in [-0.25, -0.2) is 4.79 Å². The maximum absolute atomic E-state index is 11.0. The molecule has 0 aliphatic carbocycles. The molecular formula is C13H13N3OS2. The van der Waals surface area contributed by atoms with Crippen molar-refractivity contribution in [1.29, 1.82) is 0 Å². The van der Waals surface area contributed by atoms with Gasteiger partial charge in [-0.05, 0) is 48.2 Å². The van der Waals surface area contributed by atoms with Gasteiger partial charge in [0.15, 0.2) is 0 Å². The molecule has 0 aliphatic rings. The monoisotopic (exact) mass is 291 g/mol. The average molecular weight is 291 g/mol. The molecule has 98 valence electrons. The summed E-state index contributed by atoms with van der Waals surface area (Å²) in [6.45, 7) is 0. The number of urea groups is 1. The second-order valence-corrected chi connectivity index (χ2v) is 5.81. The normalized spacial score (nSPS) is 10.4. The van der Waals surface area contributed by atoms with Crippen LogP contribution in [0.2, 0.25) is 0 Å².